The van der Waals surface area contributed by atoms with E-state index >= 15 is 0 Å². The first-order valence-corrected chi connectivity index (χ1v) is 14.1. The molecule has 1 aliphatic heterocycles. The zero-order valence-corrected chi connectivity index (χ0v) is 23.5. The van der Waals surface area contributed by atoms with Crippen LogP contribution in [-0.2, 0) is 19.6 Å². The lowest BCUT2D eigenvalue weighted by Gasteiger charge is -2.29. The molecule has 39 heavy (non-hydrogen) atoms. The molecular formula is C33H31N3O2S. The molecule has 196 valence electrons. The van der Waals surface area contributed by atoms with Crippen molar-refractivity contribution < 1.29 is 9.52 Å². The van der Waals surface area contributed by atoms with Crippen LogP contribution in [0.4, 0.5) is 0 Å². The Balaban J connectivity index is 1.41. The van der Waals surface area contributed by atoms with E-state index in [-0.39, 0.29) is 6.61 Å². The molecule has 0 radical (unpaired) electrons. The Morgan fingerprint density at radius 1 is 1.03 bits per heavy atom. The fourth-order valence-corrected chi connectivity index (χ4v) is 6.71. The van der Waals surface area contributed by atoms with Gasteiger partial charge in [0.15, 0.2) is 5.58 Å². The normalized spacial score (nSPS) is 13.7. The van der Waals surface area contributed by atoms with Crippen molar-refractivity contribution in [3.8, 4) is 45.5 Å². The van der Waals surface area contributed by atoms with E-state index in [9.17, 15) is 5.11 Å². The maximum Gasteiger partial charge on any atom is 0.227 e. The predicted octanol–water partition coefficient (Wildman–Crippen LogP) is 7.14. The highest BCUT2D eigenvalue weighted by Crippen LogP contribution is 2.40. The van der Waals surface area contributed by atoms with Crippen LogP contribution in [0.2, 0.25) is 0 Å². The molecule has 0 fully saturated rings. The van der Waals surface area contributed by atoms with Crippen LogP contribution >= 0.6 is 11.3 Å². The summed E-state index contributed by atoms with van der Waals surface area (Å²) in [5, 5.41) is 10.7. The second-order valence-corrected chi connectivity index (χ2v) is 11.6. The third-order valence-electron chi connectivity index (χ3n) is 7.80. The molecule has 0 amide bonds. The van der Waals surface area contributed by atoms with Gasteiger partial charge in [-0.1, -0.05) is 36.3 Å². The van der Waals surface area contributed by atoms with Crippen molar-refractivity contribution in [1.29, 1.82) is 0 Å². The number of aliphatic hydroxyl groups excluding tert-OH is 1. The van der Waals surface area contributed by atoms with E-state index in [0.717, 1.165) is 41.2 Å². The second-order valence-electron chi connectivity index (χ2n) is 10.5. The number of hydrogen-bond acceptors (Lipinski definition) is 6. The molecule has 1 N–H and O–H groups in total. The van der Waals surface area contributed by atoms with Crippen molar-refractivity contribution in [2.24, 2.45) is 0 Å². The quantitative estimate of drug-likeness (QED) is 0.243. The highest BCUT2D eigenvalue weighted by molar-refractivity contribution is 7.15. The molecule has 0 unspecified atom stereocenters. The number of nitrogens with zero attached hydrogens (tertiary/aromatic N) is 3. The summed E-state index contributed by atoms with van der Waals surface area (Å²) >= 11 is 1.83. The minimum absolute atomic E-state index is 0.102. The first kappa shape index (κ1) is 25.5. The van der Waals surface area contributed by atoms with Gasteiger partial charge in [-0.15, -0.1) is 17.8 Å². The maximum absolute atomic E-state index is 9.63. The van der Waals surface area contributed by atoms with E-state index in [1.165, 1.54) is 27.3 Å². The Bertz CT molecular complexity index is 1760. The second kappa shape index (κ2) is 10.1. The van der Waals surface area contributed by atoms with Crippen LogP contribution in [0.3, 0.4) is 0 Å². The fraction of sp³-hybridized carbons (Fsp3) is 0.273. The molecule has 0 saturated carbocycles. The van der Waals surface area contributed by atoms with Crippen molar-refractivity contribution in [2.45, 2.75) is 53.3 Å². The van der Waals surface area contributed by atoms with Gasteiger partial charge in [-0.2, -0.15) is 0 Å². The van der Waals surface area contributed by atoms with Crippen LogP contribution in [0.25, 0.3) is 44.3 Å². The lowest BCUT2D eigenvalue weighted by molar-refractivity contribution is 0.205. The highest BCUT2D eigenvalue weighted by Gasteiger charge is 2.24. The minimum Gasteiger partial charge on any atom is -0.435 e. The molecular weight excluding hydrogens is 502 g/mol. The number of aromatic nitrogens is 2. The molecule has 5 aromatic rings. The standard InChI is InChI=1S/C33H31N3O2S/c1-6-23-15-22(18-37)16-29-31(23)38-32(34-29)26-11-7-9-24(20(26)4)25-10-8-12-27(21(25)5)33-35-28-13-14-36(19(2)3)17-30(28)39-33/h1,7-12,15-16,19,37H,13-14,17-18H2,2-5H3. The Morgan fingerprint density at radius 3 is 2.41 bits per heavy atom. The van der Waals surface area contributed by atoms with Gasteiger partial charge in [0.25, 0.3) is 0 Å². The van der Waals surface area contributed by atoms with E-state index in [2.05, 4.69) is 62.8 Å². The largest absolute Gasteiger partial charge is 0.435 e. The Morgan fingerprint density at radius 2 is 1.72 bits per heavy atom. The van der Waals surface area contributed by atoms with E-state index in [0.29, 0.717) is 34.2 Å². The topological polar surface area (TPSA) is 62.4 Å². The fourth-order valence-electron chi connectivity index (χ4n) is 5.49. The number of terminal acetylenes is 1. The van der Waals surface area contributed by atoms with Gasteiger partial charge in [-0.25, -0.2) is 9.97 Å². The zero-order valence-electron chi connectivity index (χ0n) is 22.7. The molecule has 0 spiro atoms. The Labute approximate surface area is 233 Å². The molecule has 0 atom stereocenters. The van der Waals surface area contributed by atoms with Gasteiger partial charge >= 0.3 is 0 Å². The van der Waals surface area contributed by atoms with E-state index in [4.69, 9.17) is 20.8 Å². The smallest absolute Gasteiger partial charge is 0.227 e. The highest BCUT2D eigenvalue weighted by atomic mass is 32.1. The summed E-state index contributed by atoms with van der Waals surface area (Å²) in [5.41, 5.74) is 10.5. The first-order chi connectivity index (χ1) is 18.9. The van der Waals surface area contributed by atoms with Gasteiger partial charge in [0.1, 0.15) is 10.5 Å². The lowest BCUT2D eigenvalue weighted by Crippen LogP contribution is -2.35. The first-order valence-electron chi connectivity index (χ1n) is 13.3. The summed E-state index contributed by atoms with van der Waals surface area (Å²) < 4.78 is 6.20. The summed E-state index contributed by atoms with van der Waals surface area (Å²) in [6, 6.07) is 16.8. The molecule has 0 saturated heterocycles. The van der Waals surface area contributed by atoms with E-state index in [1.54, 1.807) is 6.07 Å². The van der Waals surface area contributed by atoms with Gasteiger partial charge in [0.05, 0.1) is 17.9 Å². The SMILES string of the molecule is C#Cc1cc(CO)cc2nc(-c3cccc(-c4cccc(-c5nc6c(s5)CN(C(C)C)CC6)c4C)c3C)oc12. The van der Waals surface area contributed by atoms with Crippen LogP contribution in [0.1, 0.15) is 46.7 Å². The number of rotatable bonds is 5. The van der Waals surface area contributed by atoms with Crippen LogP contribution in [0.5, 0.6) is 0 Å². The Hall–Kier alpha value is -3.76. The molecule has 2 aromatic heterocycles. The molecule has 1 aliphatic rings. The third kappa shape index (κ3) is 4.47. The van der Waals surface area contributed by atoms with Crippen LogP contribution in [0.15, 0.2) is 52.9 Å². The zero-order chi connectivity index (χ0) is 27.3. The van der Waals surface area contributed by atoms with Crippen LogP contribution in [-0.4, -0.2) is 32.6 Å². The number of fused-ring (bicyclic) bond motifs is 2. The number of thiazole rings is 1. The number of oxazole rings is 1. The molecule has 0 bridgehead atoms. The van der Waals surface area contributed by atoms with Gasteiger partial charge in [-0.05, 0) is 73.7 Å². The molecule has 3 aromatic carbocycles. The van der Waals surface area contributed by atoms with Gasteiger partial charge in [-0.3, -0.25) is 4.90 Å². The van der Waals surface area contributed by atoms with Gasteiger partial charge in [0.2, 0.25) is 5.89 Å². The van der Waals surface area contributed by atoms with Crippen molar-refractivity contribution >= 4 is 22.4 Å². The van der Waals surface area contributed by atoms with Crippen molar-refractivity contribution in [1.82, 2.24) is 14.9 Å². The number of aliphatic hydroxyl groups is 1. The molecule has 6 rings (SSSR count). The molecule has 6 heteroatoms. The third-order valence-corrected chi connectivity index (χ3v) is 8.91. The summed E-state index contributed by atoms with van der Waals surface area (Å²) in [4.78, 5) is 13.7. The number of hydrogen-bond donors (Lipinski definition) is 1. The van der Waals surface area contributed by atoms with Crippen molar-refractivity contribution in [2.75, 3.05) is 6.54 Å². The monoisotopic (exact) mass is 533 g/mol. The van der Waals surface area contributed by atoms with Crippen LogP contribution < -0.4 is 0 Å². The van der Waals surface area contributed by atoms with Crippen molar-refractivity contribution in [3.05, 3.63) is 81.4 Å². The molecule has 0 aliphatic carbocycles. The minimum atomic E-state index is -0.102. The molecule has 5 nitrogen and oxygen atoms in total. The molecule has 3 heterocycles. The van der Waals surface area contributed by atoms with E-state index in [1.807, 2.05) is 29.5 Å². The summed E-state index contributed by atoms with van der Waals surface area (Å²) in [5.74, 6) is 3.18. The Kier molecular flexibility index (Phi) is 6.60. The summed E-state index contributed by atoms with van der Waals surface area (Å²) in [6.07, 6.45) is 6.73. The number of benzene rings is 3. The van der Waals surface area contributed by atoms with Gasteiger partial charge < -0.3 is 9.52 Å². The average molecular weight is 534 g/mol. The van der Waals surface area contributed by atoms with Crippen molar-refractivity contribution in [3.63, 3.8) is 0 Å². The van der Waals surface area contributed by atoms with E-state index < -0.39 is 0 Å². The summed E-state index contributed by atoms with van der Waals surface area (Å²) in [7, 11) is 0. The maximum atomic E-state index is 9.63. The average Bonchev–Trinajstić information content (AvgIpc) is 3.56. The predicted molar refractivity (Wildman–Crippen MR) is 159 cm³/mol. The summed E-state index contributed by atoms with van der Waals surface area (Å²) in [6.45, 7) is 10.8. The lowest BCUT2D eigenvalue weighted by atomic mass is 9.91. The van der Waals surface area contributed by atoms with Gasteiger partial charge in [0, 0.05) is 41.6 Å². The van der Waals surface area contributed by atoms with Crippen LogP contribution in [0, 0.1) is 26.2 Å².